The maximum atomic E-state index is 11.3. The van der Waals surface area contributed by atoms with Crippen LogP contribution in [0.15, 0.2) is 0 Å². The van der Waals surface area contributed by atoms with E-state index in [0.29, 0.717) is 11.8 Å². The molecule has 58 valence electrons. The summed E-state index contributed by atoms with van der Waals surface area (Å²) < 4.78 is 0. The lowest BCUT2D eigenvalue weighted by Crippen LogP contribution is -2.23. The lowest BCUT2D eigenvalue weighted by atomic mass is 10.1. The van der Waals surface area contributed by atoms with E-state index in [2.05, 4.69) is 6.92 Å². The third-order valence-electron chi connectivity index (χ3n) is 1.95. The molecule has 1 saturated heterocycles. The number of rotatable bonds is 1. The highest BCUT2D eigenvalue weighted by molar-refractivity contribution is 7.99. The van der Waals surface area contributed by atoms with Crippen LogP contribution < -0.4 is 0 Å². The van der Waals surface area contributed by atoms with Crippen LogP contribution in [0.3, 0.4) is 0 Å². The third kappa shape index (κ3) is 1.15. The fourth-order valence-corrected chi connectivity index (χ4v) is 2.34. The molecule has 0 aromatic rings. The first kappa shape index (κ1) is 7.92. The van der Waals surface area contributed by atoms with Crippen LogP contribution in [-0.2, 0) is 4.79 Å². The molecule has 1 aliphatic heterocycles. The zero-order valence-electron chi connectivity index (χ0n) is 6.63. The summed E-state index contributed by atoms with van der Waals surface area (Å²) in [5, 5.41) is 0.213. The van der Waals surface area contributed by atoms with E-state index in [-0.39, 0.29) is 5.25 Å². The van der Waals surface area contributed by atoms with E-state index in [1.807, 2.05) is 18.2 Å². The SMILES string of the molecule is CS[C@@H]1C(=O)N(C)C[C@@H]1C. The van der Waals surface area contributed by atoms with Crippen LogP contribution in [-0.4, -0.2) is 35.9 Å². The second kappa shape index (κ2) is 2.82. The molecular formula is C7H13NOS. The second-order valence-electron chi connectivity index (χ2n) is 2.85. The molecule has 2 atom stereocenters. The van der Waals surface area contributed by atoms with Gasteiger partial charge in [-0.2, -0.15) is 11.8 Å². The lowest BCUT2D eigenvalue weighted by molar-refractivity contribution is -0.126. The van der Waals surface area contributed by atoms with E-state index < -0.39 is 0 Å². The minimum atomic E-state index is 0.213. The molecule has 1 amide bonds. The molecule has 0 aromatic carbocycles. The summed E-state index contributed by atoms with van der Waals surface area (Å²) in [6.45, 7) is 3.05. The van der Waals surface area contributed by atoms with E-state index in [4.69, 9.17) is 0 Å². The van der Waals surface area contributed by atoms with Crippen molar-refractivity contribution in [1.29, 1.82) is 0 Å². The summed E-state index contributed by atoms with van der Waals surface area (Å²) in [6, 6.07) is 0. The number of carbonyl (C=O) groups is 1. The summed E-state index contributed by atoms with van der Waals surface area (Å²) in [7, 11) is 1.87. The van der Waals surface area contributed by atoms with Crippen molar-refractivity contribution < 1.29 is 4.79 Å². The Hall–Kier alpha value is -0.180. The smallest absolute Gasteiger partial charge is 0.235 e. The van der Waals surface area contributed by atoms with Gasteiger partial charge in [-0.25, -0.2) is 0 Å². The zero-order valence-corrected chi connectivity index (χ0v) is 7.44. The van der Waals surface area contributed by atoms with E-state index in [0.717, 1.165) is 6.54 Å². The highest BCUT2D eigenvalue weighted by Crippen LogP contribution is 2.25. The molecule has 0 aromatic heterocycles. The van der Waals surface area contributed by atoms with Crippen LogP contribution in [0.25, 0.3) is 0 Å². The maximum absolute atomic E-state index is 11.3. The summed E-state index contributed by atoms with van der Waals surface area (Å²) in [6.07, 6.45) is 2.00. The van der Waals surface area contributed by atoms with Crippen LogP contribution >= 0.6 is 11.8 Å². The molecule has 0 radical (unpaired) electrons. The van der Waals surface area contributed by atoms with Gasteiger partial charge in [0.25, 0.3) is 0 Å². The Morgan fingerprint density at radius 1 is 1.70 bits per heavy atom. The van der Waals surface area contributed by atoms with Gasteiger partial charge in [0.1, 0.15) is 0 Å². The number of hydrogen-bond acceptors (Lipinski definition) is 2. The van der Waals surface area contributed by atoms with Gasteiger partial charge in [0, 0.05) is 13.6 Å². The van der Waals surface area contributed by atoms with Gasteiger partial charge in [-0.1, -0.05) is 6.92 Å². The first-order valence-electron chi connectivity index (χ1n) is 3.44. The van der Waals surface area contributed by atoms with Gasteiger partial charge in [-0.15, -0.1) is 0 Å². The highest BCUT2D eigenvalue weighted by Gasteiger charge is 2.34. The fourth-order valence-electron chi connectivity index (χ4n) is 1.41. The first-order valence-corrected chi connectivity index (χ1v) is 4.73. The minimum Gasteiger partial charge on any atom is -0.344 e. The van der Waals surface area contributed by atoms with Crippen molar-refractivity contribution in [3.8, 4) is 0 Å². The maximum Gasteiger partial charge on any atom is 0.235 e. The number of amides is 1. The van der Waals surface area contributed by atoms with Crippen molar-refractivity contribution in [2.24, 2.45) is 5.92 Å². The summed E-state index contributed by atoms with van der Waals surface area (Å²) in [5.74, 6) is 0.813. The standard InChI is InChI=1S/C7H13NOS/c1-5-4-8(2)7(9)6(5)10-3/h5-6H,4H2,1-3H3/t5-,6-/m0/s1. The van der Waals surface area contributed by atoms with Gasteiger partial charge in [-0.05, 0) is 12.2 Å². The first-order chi connectivity index (χ1) is 4.66. The lowest BCUT2D eigenvalue weighted by Gasteiger charge is -2.07. The molecule has 1 heterocycles. The van der Waals surface area contributed by atoms with Gasteiger partial charge in [0.05, 0.1) is 5.25 Å². The topological polar surface area (TPSA) is 20.3 Å². The van der Waals surface area contributed by atoms with E-state index in [1.165, 1.54) is 0 Å². The van der Waals surface area contributed by atoms with Crippen LogP contribution in [0.1, 0.15) is 6.92 Å². The molecule has 2 nitrogen and oxygen atoms in total. The summed E-state index contributed by atoms with van der Waals surface area (Å²) in [4.78, 5) is 13.1. The van der Waals surface area contributed by atoms with Crippen molar-refractivity contribution in [2.45, 2.75) is 12.2 Å². The van der Waals surface area contributed by atoms with Crippen molar-refractivity contribution in [2.75, 3.05) is 19.8 Å². The molecule has 0 bridgehead atoms. The van der Waals surface area contributed by atoms with Crippen LogP contribution in [0.2, 0.25) is 0 Å². The molecule has 0 spiro atoms. The summed E-state index contributed by atoms with van der Waals surface area (Å²) >= 11 is 1.66. The Kier molecular flexibility index (Phi) is 2.24. The minimum absolute atomic E-state index is 0.213. The zero-order chi connectivity index (χ0) is 7.72. The van der Waals surface area contributed by atoms with Crippen LogP contribution in [0.5, 0.6) is 0 Å². The molecule has 10 heavy (non-hydrogen) atoms. The number of carbonyl (C=O) groups excluding carboxylic acids is 1. The molecule has 0 unspecified atom stereocenters. The number of nitrogens with zero attached hydrogens (tertiary/aromatic N) is 1. The Balaban J connectivity index is 2.64. The Morgan fingerprint density at radius 2 is 2.30 bits per heavy atom. The monoisotopic (exact) mass is 159 g/mol. The largest absolute Gasteiger partial charge is 0.344 e. The average molecular weight is 159 g/mol. The predicted octanol–water partition coefficient (Wildman–Crippen LogP) is 0.826. The van der Waals surface area contributed by atoms with Crippen molar-refractivity contribution in [1.82, 2.24) is 4.90 Å². The predicted molar refractivity (Wildman–Crippen MR) is 44.1 cm³/mol. The average Bonchev–Trinajstić information content (AvgIpc) is 2.09. The normalized spacial score (nSPS) is 33.5. The summed E-state index contributed by atoms with van der Waals surface area (Å²) in [5.41, 5.74) is 0. The van der Waals surface area contributed by atoms with Crippen molar-refractivity contribution in [3.63, 3.8) is 0 Å². The van der Waals surface area contributed by atoms with Gasteiger partial charge in [-0.3, -0.25) is 4.79 Å². The van der Waals surface area contributed by atoms with Gasteiger partial charge >= 0.3 is 0 Å². The molecule has 1 aliphatic rings. The molecule has 1 rings (SSSR count). The second-order valence-corrected chi connectivity index (χ2v) is 3.83. The number of hydrogen-bond donors (Lipinski definition) is 0. The quantitative estimate of drug-likeness (QED) is 0.564. The van der Waals surface area contributed by atoms with Gasteiger partial charge in [0.2, 0.25) is 5.91 Å². The fraction of sp³-hybridized carbons (Fsp3) is 0.857. The van der Waals surface area contributed by atoms with Crippen LogP contribution in [0, 0.1) is 5.92 Å². The van der Waals surface area contributed by atoms with E-state index >= 15 is 0 Å². The molecule has 3 heteroatoms. The molecule has 0 N–H and O–H groups in total. The molecular weight excluding hydrogens is 146 g/mol. The van der Waals surface area contributed by atoms with Crippen molar-refractivity contribution >= 4 is 17.7 Å². The third-order valence-corrected chi connectivity index (χ3v) is 3.13. The van der Waals surface area contributed by atoms with Gasteiger partial charge in [0.15, 0.2) is 0 Å². The molecule has 1 fully saturated rings. The van der Waals surface area contributed by atoms with Crippen molar-refractivity contribution in [3.05, 3.63) is 0 Å². The molecule has 0 aliphatic carbocycles. The number of thioether (sulfide) groups is 1. The Morgan fingerprint density at radius 3 is 2.50 bits per heavy atom. The number of likely N-dealkylation sites (tertiary alicyclic amines) is 1. The highest BCUT2D eigenvalue weighted by atomic mass is 32.2. The Labute approximate surface area is 66.0 Å². The van der Waals surface area contributed by atoms with E-state index in [1.54, 1.807) is 11.8 Å². The van der Waals surface area contributed by atoms with Gasteiger partial charge < -0.3 is 4.90 Å². The van der Waals surface area contributed by atoms with Crippen LogP contribution in [0.4, 0.5) is 0 Å². The Bertz CT molecular complexity index is 149. The molecule has 0 saturated carbocycles. The van der Waals surface area contributed by atoms with E-state index in [9.17, 15) is 4.79 Å².